The van der Waals surface area contributed by atoms with E-state index in [1.54, 1.807) is 10.9 Å². The Kier molecular flexibility index (Phi) is 3.99. The summed E-state index contributed by atoms with van der Waals surface area (Å²) in [6, 6.07) is 6.53. The summed E-state index contributed by atoms with van der Waals surface area (Å²) in [5.41, 5.74) is 3.05. The van der Waals surface area contributed by atoms with E-state index in [4.69, 9.17) is 11.6 Å². The average molecular weight is 265 g/mol. The molecule has 0 aliphatic heterocycles. The molecule has 2 aromatic rings. The van der Waals surface area contributed by atoms with Crippen LogP contribution >= 0.6 is 11.6 Å². The summed E-state index contributed by atoms with van der Waals surface area (Å²) in [6.07, 6.45) is 1.72. The molecule has 0 spiro atoms. The van der Waals surface area contributed by atoms with Crippen LogP contribution in [0, 0.1) is 0 Å². The normalized spacial score (nSPS) is 11.2. The van der Waals surface area contributed by atoms with Crippen molar-refractivity contribution in [2.45, 2.75) is 26.4 Å². The van der Waals surface area contributed by atoms with Crippen molar-refractivity contribution >= 4 is 11.6 Å². The van der Waals surface area contributed by atoms with Gasteiger partial charge < -0.3 is 5.32 Å². The average Bonchev–Trinajstić information content (AvgIpc) is 2.73. The number of aryl methyl sites for hydroxylation is 1. The number of halogens is 1. The van der Waals surface area contributed by atoms with Gasteiger partial charge in [0.25, 0.3) is 0 Å². The van der Waals surface area contributed by atoms with Gasteiger partial charge in [-0.1, -0.05) is 42.8 Å². The topological polar surface area (TPSA) is 42.7 Å². The van der Waals surface area contributed by atoms with Crippen LogP contribution in [0.4, 0.5) is 0 Å². The van der Waals surface area contributed by atoms with E-state index in [2.05, 4.69) is 35.5 Å². The zero-order valence-electron chi connectivity index (χ0n) is 10.8. The van der Waals surface area contributed by atoms with Gasteiger partial charge in [0, 0.05) is 25.2 Å². The van der Waals surface area contributed by atoms with Crippen molar-refractivity contribution in [3.63, 3.8) is 0 Å². The number of rotatable bonds is 4. The second-order valence-electron chi connectivity index (χ2n) is 4.59. The lowest BCUT2D eigenvalue weighted by molar-refractivity contribution is 0.589. The van der Waals surface area contributed by atoms with E-state index in [1.165, 1.54) is 5.56 Å². The van der Waals surface area contributed by atoms with Gasteiger partial charge in [-0.3, -0.25) is 0 Å². The standard InChI is InChI=1S/C13H17ClN4/c1-9(2)15-7-10-4-5-11(12(14)6-10)13-8-16-17-18(13)3/h4-6,8-9,15H,7H2,1-3H3. The van der Waals surface area contributed by atoms with Crippen molar-refractivity contribution in [3.8, 4) is 11.3 Å². The van der Waals surface area contributed by atoms with Crippen LogP contribution in [0.5, 0.6) is 0 Å². The minimum atomic E-state index is 0.463. The maximum absolute atomic E-state index is 6.31. The summed E-state index contributed by atoms with van der Waals surface area (Å²) in [5, 5.41) is 11.9. The fraction of sp³-hybridized carbons (Fsp3) is 0.385. The summed E-state index contributed by atoms with van der Waals surface area (Å²) in [4.78, 5) is 0. The molecule has 0 aliphatic rings. The molecular weight excluding hydrogens is 248 g/mol. The third-order valence-corrected chi connectivity index (χ3v) is 3.05. The van der Waals surface area contributed by atoms with Crippen LogP contribution in [-0.2, 0) is 13.6 Å². The number of hydrogen-bond acceptors (Lipinski definition) is 3. The van der Waals surface area contributed by atoms with Crippen LogP contribution in [0.15, 0.2) is 24.4 Å². The van der Waals surface area contributed by atoms with Crippen molar-refractivity contribution in [2.24, 2.45) is 7.05 Å². The SMILES string of the molecule is CC(C)NCc1ccc(-c2cnnn2C)c(Cl)c1. The fourth-order valence-electron chi connectivity index (χ4n) is 1.73. The Labute approximate surface area is 112 Å². The maximum Gasteiger partial charge on any atom is 0.0897 e. The zero-order chi connectivity index (χ0) is 13.1. The molecule has 0 bridgehead atoms. The minimum absolute atomic E-state index is 0.463. The first-order valence-corrected chi connectivity index (χ1v) is 6.32. The van der Waals surface area contributed by atoms with Gasteiger partial charge in [0.05, 0.1) is 16.9 Å². The minimum Gasteiger partial charge on any atom is -0.310 e. The lowest BCUT2D eigenvalue weighted by Crippen LogP contribution is -2.21. The molecule has 0 fully saturated rings. The Bertz CT molecular complexity index is 534. The smallest absolute Gasteiger partial charge is 0.0897 e. The van der Waals surface area contributed by atoms with E-state index >= 15 is 0 Å². The third-order valence-electron chi connectivity index (χ3n) is 2.74. The molecule has 0 saturated carbocycles. The molecule has 0 atom stereocenters. The van der Waals surface area contributed by atoms with E-state index in [-0.39, 0.29) is 0 Å². The van der Waals surface area contributed by atoms with Gasteiger partial charge in [0.2, 0.25) is 0 Å². The maximum atomic E-state index is 6.31. The van der Waals surface area contributed by atoms with Crippen molar-refractivity contribution in [2.75, 3.05) is 0 Å². The first-order chi connectivity index (χ1) is 8.58. The molecule has 5 heteroatoms. The van der Waals surface area contributed by atoms with Gasteiger partial charge in [-0.2, -0.15) is 0 Å². The van der Waals surface area contributed by atoms with Crippen LogP contribution in [0.2, 0.25) is 5.02 Å². The van der Waals surface area contributed by atoms with Crippen LogP contribution in [0.3, 0.4) is 0 Å². The van der Waals surface area contributed by atoms with E-state index < -0.39 is 0 Å². The molecule has 0 radical (unpaired) electrons. The van der Waals surface area contributed by atoms with Gasteiger partial charge >= 0.3 is 0 Å². The lowest BCUT2D eigenvalue weighted by Gasteiger charge is -2.10. The molecule has 4 nitrogen and oxygen atoms in total. The number of aromatic nitrogens is 3. The quantitative estimate of drug-likeness (QED) is 0.923. The largest absolute Gasteiger partial charge is 0.310 e. The highest BCUT2D eigenvalue weighted by atomic mass is 35.5. The van der Waals surface area contributed by atoms with Crippen LogP contribution < -0.4 is 5.32 Å². The van der Waals surface area contributed by atoms with Gasteiger partial charge in [0.1, 0.15) is 0 Å². The Morgan fingerprint density at radius 3 is 2.72 bits per heavy atom. The first kappa shape index (κ1) is 13.1. The number of benzene rings is 1. The van der Waals surface area contributed by atoms with Crippen LogP contribution in [0.25, 0.3) is 11.3 Å². The summed E-state index contributed by atoms with van der Waals surface area (Å²) in [5.74, 6) is 0. The second kappa shape index (κ2) is 5.50. The predicted molar refractivity (Wildman–Crippen MR) is 73.4 cm³/mol. The Balaban J connectivity index is 2.23. The summed E-state index contributed by atoms with van der Waals surface area (Å²) >= 11 is 6.31. The van der Waals surface area contributed by atoms with E-state index in [9.17, 15) is 0 Å². The van der Waals surface area contributed by atoms with Gasteiger partial charge in [-0.25, -0.2) is 4.68 Å². The number of nitrogens with one attached hydrogen (secondary N) is 1. The zero-order valence-corrected chi connectivity index (χ0v) is 11.6. The monoisotopic (exact) mass is 264 g/mol. The Morgan fingerprint density at radius 2 is 2.17 bits per heavy atom. The van der Waals surface area contributed by atoms with Crippen molar-refractivity contribution in [1.82, 2.24) is 20.3 Å². The third kappa shape index (κ3) is 2.89. The summed E-state index contributed by atoms with van der Waals surface area (Å²) in [6.45, 7) is 5.07. The Morgan fingerprint density at radius 1 is 1.39 bits per heavy atom. The molecule has 0 aliphatic carbocycles. The van der Waals surface area contributed by atoms with E-state index in [1.807, 2.05) is 19.2 Å². The molecular formula is C13H17ClN4. The van der Waals surface area contributed by atoms with Crippen molar-refractivity contribution in [3.05, 3.63) is 35.0 Å². The van der Waals surface area contributed by atoms with Gasteiger partial charge in [-0.05, 0) is 11.6 Å². The van der Waals surface area contributed by atoms with Crippen molar-refractivity contribution in [1.29, 1.82) is 0 Å². The van der Waals surface area contributed by atoms with Gasteiger partial charge in [-0.15, -0.1) is 5.10 Å². The molecule has 2 rings (SSSR count). The van der Waals surface area contributed by atoms with E-state index in [0.717, 1.165) is 22.8 Å². The molecule has 1 heterocycles. The Hall–Kier alpha value is -1.39. The highest BCUT2D eigenvalue weighted by Crippen LogP contribution is 2.27. The van der Waals surface area contributed by atoms with Crippen LogP contribution in [-0.4, -0.2) is 21.0 Å². The fourth-order valence-corrected chi connectivity index (χ4v) is 2.03. The second-order valence-corrected chi connectivity index (χ2v) is 5.00. The lowest BCUT2D eigenvalue weighted by atomic mass is 10.1. The number of hydrogen-bond donors (Lipinski definition) is 1. The molecule has 18 heavy (non-hydrogen) atoms. The molecule has 96 valence electrons. The predicted octanol–water partition coefficient (Wildman–Crippen LogP) is 2.63. The summed E-state index contributed by atoms with van der Waals surface area (Å²) in [7, 11) is 1.85. The van der Waals surface area contributed by atoms with Crippen LogP contribution in [0.1, 0.15) is 19.4 Å². The first-order valence-electron chi connectivity index (χ1n) is 5.95. The molecule has 0 saturated heterocycles. The molecule has 1 aromatic heterocycles. The molecule has 0 unspecified atom stereocenters. The summed E-state index contributed by atoms with van der Waals surface area (Å²) < 4.78 is 1.72. The van der Waals surface area contributed by atoms with Crippen molar-refractivity contribution < 1.29 is 0 Å². The highest BCUT2D eigenvalue weighted by Gasteiger charge is 2.08. The molecule has 0 amide bonds. The highest BCUT2D eigenvalue weighted by molar-refractivity contribution is 6.33. The number of nitrogens with zero attached hydrogens (tertiary/aromatic N) is 3. The van der Waals surface area contributed by atoms with E-state index in [0.29, 0.717) is 6.04 Å². The molecule has 1 N–H and O–H groups in total. The molecule has 1 aromatic carbocycles. The van der Waals surface area contributed by atoms with Gasteiger partial charge in [0.15, 0.2) is 0 Å².